The number of nitrogens with zero attached hydrogens (tertiary/aromatic N) is 2. The van der Waals surface area contributed by atoms with E-state index in [2.05, 4.69) is 4.98 Å². The molecule has 0 atom stereocenters. The summed E-state index contributed by atoms with van der Waals surface area (Å²) >= 11 is 0. The molecule has 0 unspecified atom stereocenters. The predicted octanol–water partition coefficient (Wildman–Crippen LogP) is 1.45. The van der Waals surface area contributed by atoms with Gasteiger partial charge < -0.3 is 5.11 Å². The summed E-state index contributed by atoms with van der Waals surface area (Å²) in [4.78, 5) is 40.5. The molecule has 2 aromatic carbocycles. The zero-order valence-electron chi connectivity index (χ0n) is 11.1. The molecule has 0 saturated carbocycles. The van der Waals surface area contributed by atoms with E-state index in [0.717, 1.165) is 0 Å². The molecule has 22 heavy (non-hydrogen) atoms. The Morgan fingerprint density at radius 1 is 1.09 bits per heavy atom. The molecule has 2 heterocycles. The van der Waals surface area contributed by atoms with Gasteiger partial charge in [-0.15, -0.1) is 0 Å². The second-order valence-corrected chi connectivity index (χ2v) is 4.93. The van der Waals surface area contributed by atoms with Gasteiger partial charge in [0.15, 0.2) is 12.1 Å². The SMILES string of the molecule is O=Cc1c(O)ccc2nc3n(c(=O)c12)-c1ccccc1C3=O. The van der Waals surface area contributed by atoms with Crippen LogP contribution in [0.5, 0.6) is 5.75 Å². The number of hydrogen-bond acceptors (Lipinski definition) is 5. The lowest BCUT2D eigenvalue weighted by atomic mass is 10.1. The molecule has 0 radical (unpaired) electrons. The molecule has 1 N–H and O–H groups in total. The van der Waals surface area contributed by atoms with E-state index in [4.69, 9.17) is 0 Å². The van der Waals surface area contributed by atoms with Crippen molar-refractivity contribution in [3.05, 3.63) is 63.7 Å². The number of hydrogen-bond donors (Lipinski definition) is 1. The zero-order valence-corrected chi connectivity index (χ0v) is 11.1. The van der Waals surface area contributed by atoms with Gasteiger partial charge in [0.1, 0.15) is 5.75 Å². The third-order valence-electron chi connectivity index (χ3n) is 3.77. The first kappa shape index (κ1) is 12.5. The third kappa shape index (κ3) is 1.38. The van der Waals surface area contributed by atoms with Crippen LogP contribution in [0.2, 0.25) is 0 Å². The van der Waals surface area contributed by atoms with E-state index < -0.39 is 5.56 Å². The number of carbonyl (C=O) groups is 2. The lowest BCUT2D eigenvalue weighted by molar-refractivity contribution is 0.103. The second kappa shape index (κ2) is 4.11. The highest BCUT2D eigenvalue weighted by molar-refractivity contribution is 6.13. The third-order valence-corrected chi connectivity index (χ3v) is 3.77. The largest absolute Gasteiger partial charge is 0.507 e. The highest BCUT2D eigenvalue weighted by atomic mass is 16.3. The van der Waals surface area contributed by atoms with Gasteiger partial charge in [-0.1, -0.05) is 12.1 Å². The molecule has 0 amide bonds. The van der Waals surface area contributed by atoms with Gasteiger partial charge in [0.25, 0.3) is 5.56 Å². The smallest absolute Gasteiger partial charge is 0.267 e. The molecule has 0 fully saturated rings. The monoisotopic (exact) mass is 292 g/mol. The summed E-state index contributed by atoms with van der Waals surface area (Å²) in [5, 5.41) is 9.76. The minimum atomic E-state index is -0.545. The van der Waals surface area contributed by atoms with Crippen LogP contribution < -0.4 is 5.56 Å². The quantitative estimate of drug-likeness (QED) is 0.536. The van der Waals surface area contributed by atoms with Crippen molar-refractivity contribution < 1.29 is 14.7 Å². The van der Waals surface area contributed by atoms with Crippen molar-refractivity contribution in [1.29, 1.82) is 0 Å². The van der Waals surface area contributed by atoms with E-state index >= 15 is 0 Å². The van der Waals surface area contributed by atoms with Crippen molar-refractivity contribution in [2.45, 2.75) is 0 Å². The predicted molar refractivity (Wildman–Crippen MR) is 77.8 cm³/mol. The summed E-state index contributed by atoms with van der Waals surface area (Å²) in [7, 11) is 0. The summed E-state index contributed by atoms with van der Waals surface area (Å²) in [6.45, 7) is 0. The van der Waals surface area contributed by atoms with Gasteiger partial charge in [0.2, 0.25) is 5.78 Å². The van der Waals surface area contributed by atoms with Crippen LogP contribution in [0.1, 0.15) is 26.5 Å². The lowest BCUT2D eigenvalue weighted by Crippen LogP contribution is -2.22. The molecule has 0 spiro atoms. The summed E-state index contributed by atoms with van der Waals surface area (Å²) in [5.74, 6) is -0.615. The Hall–Kier alpha value is -3.28. The number of fused-ring (bicyclic) bond motifs is 4. The van der Waals surface area contributed by atoms with Crippen LogP contribution in [0.25, 0.3) is 16.6 Å². The van der Waals surface area contributed by atoms with Gasteiger partial charge in [-0.05, 0) is 24.3 Å². The number of benzene rings is 2. The van der Waals surface area contributed by atoms with Gasteiger partial charge in [0.05, 0.1) is 27.7 Å². The van der Waals surface area contributed by atoms with Crippen LogP contribution in [-0.2, 0) is 0 Å². The number of para-hydroxylation sites is 1. The van der Waals surface area contributed by atoms with Crippen LogP contribution in [0.3, 0.4) is 0 Å². The Balaban J connectivity index is 2.25. The number of ketones is 1. The summed E-state index contributed by atoms with van der Waals surface area (Å²) in [5.41, 5.74) is 0.358. The summed E-state index contributed by atoms with van der Waals surface area (Å²) in [6, 6.07) is 9.37. The molecule has 4 rings (SSSR count). The molecule has 0 saturated heterocycles. The minimum absolute atomic E-state index is 0.00301. The van der Waals surface area contributed by atoms with Gasteiger partial charge in [-0.25, -0.2) is 4.98 Å². The van der Waals surface area contributed by atoms with E-state index in [-0.39, 0.29) is 33.8 Å². The normalized spacial score (nSPS) is 12.3. The molecule has 106 valence electrons. The zero-order chi connectivity index (χ0) is 15.4. The van der Waals surface area contributed by atoms with Crippen LogP contribution >= 0.6 is 0 Å². The summed E-state index contributed by atoms with van der Waals surface area (Å²) < 4.78 is 1.19. The molecule has 0 bridgehead atoms. The van der Waals surface area contributed by atoms with Crippen LogP contribution in [0.15, 0.2) is 41.2 Å². The Morgan fingerprint density at radius 2 is 1.86 bits per heavy atom. The van der Waals surface area contributed by atoms with Gasteiger partial charge >= 0.3 is 0 Å². The van der Waals surface area contributed by atoms with E-state index in [1.807, 2.05) is 0 Å². The second-order valence-electron chi connectivity index (χ2n) is 4.93. The molecule has 1 aromatic heterocycles. The molecular formula is C16H8N2O4. The highest BCUT2D eigenvalue weighted by Gasteiger charge is 2.30. The van der Waals surface area contributed by atoms with Crippen molar-refractivity contribution in [2.24, 2.45) is 0 Å². The lowest BCUT2D eigenvalue weighted by Gasteiger charge is -2.07. The standard InChI is InChI=1S/C16H8N2O4/c19-7-9-12(20)6-5-10-13(9)16(22)18-11-4-2-1-3-8(11)14(21)15(18)17-10/h1-7,20H. The van der Waals surface area contributed by atoms with Crippen molar-refractivity contribution >= 4 is 23.0 Å². The van der Waals surface area contributed by atoms with E-state index in [0.29, 0.717) is 17.5 Å². The fourth-order valence-corrected chi connectivity index (χ4v) is 2.76. The molecule has 1 aliphatic heterocycles. The minimum Gasteiger partial charge on any atom is -0.507 e. The van der Waals surface area contributed by atoms with Crippen LogP contribution in [0, 0.1) is 0 Å². The van der Waals surface area contributed by atoms with Gasteiger partial charge in [0, 0.05) is 0 Å². The first-order valence-corrected chi connectivity index (χ1v) is 6.51. The number of phenolic OH excluding ortho intramolecular Hbond substituents is 1. The molecule has 6 nitrogen and oxygen atoms in total. The first-order chi connectivity index (χ1) is 10.6. The fourth-order valence-electron chi connectivity index (χ4n) is 2.76. The molecule has 3 aromatic rings. The van der Waals surface area contributed by atoms with Crippen molar-refractivity contribution in [3.63, 3.8) is 0 Å². The Morgan fingerprint density at radius 3 is 2.64 bits per heavy atom. The average molecular weight is 292 g/mol. The molecule has 6 heteroatoms. The van der Waals surface area contributed by atoms with Crippen LogP contribution in [0.4, 0.5) is 0 Å². The average Bonchev–Trinajstić information content (AvgIpc) is 2.82. The van der Waals surface area contributed by atoms with E-state index in [9.17, 15) is 19.5 Å². The van der Waals surface area contributed by atoms with Gasteiger partial charge in [-0.3, -0.25) is 19.0 Å². The van der Waals surface area contributed by atoms with Crippen LogP contribution in [-0.4, -0.2) is 26.7 Å². The number of aromatic hydroxyl groups is 1. The maximum absolute atomic E-state index is 12.8. The Bertz CT molecular complexity index is 1050. The van der Waals surface area contributed by atoms with E-state index in [1.165, 1.54) is 16.7 Å². The number of aromatic nitrogens is 2. The molecule has 1 aliphatic rings. The summed E-state index contributed by atoms with van der Waals surface area (Å²) in [6.07, 6.45) is 0.413. The van der Waals surface area contributed by atoms with Crippen molar-refractivity contribution in [3.8, 4) is 11.4 Å². The van der Waals surface area contributed by atoms with Crippen molar-refractivity contribution in [1.82, 2.24) is 9.55 Å². The Kier molecular flexibility index (Phi) is 2.33. The van der Waals surface area contributed by atoms with Crippen molar-refractivity contribution in [2.75, 3.05) is 0 Å². The maximum atomic E-state index is 12.8. The molecule has 0 aliphatic carbocycles. The topological polar surface area (TPSA) is 89.3 Å². The number of carbonyl (C=O) groups excluding carboxylic acids is 2. The first-order valence-electron chi connectivity index (χ1n) is 6.51. The van der Waals surface area contributed by atoms with Gasteiger partial charge in [-0.2, -0.15) is 0 Å². The number of aldehydes is 1. The fraction of sp³-hybridized carbons (Fsp3) is 0. The number of phenols is 1. The Labute approximate surface area is 123 Å². The highest BCUT2D eigenvalue weighted by Crippen LogP contribution is 2.28. The maximum Gasteiger partial charge on any atom is 0.267 e. The number of rotatable bonds is 1. The van der Waals surface area contributed by atoms with E-state index in [1.54, 1.807) is 24.3 Å². The molecular weight excluding hydrogens is 284 g/mol.